The van der Waals surface area contributed by atoms with Crippen molar-refractivity contribution in [3.63, 3.8) is 0 Å². The summed E-state index contributed by atoms with van der Waals surface area (Å²) in [5, 5.41) is 14.2. The van der Waals surface area contributed by atoms with Crippen molar-refractivity contribution >= 4 is 23.4 Å². The van der Waals surface area contributed by atoms with Gasteiger partial charge in [0.05, 0.1) is 23.2 Å². The number of esters is 1. The molecule has 2 unspecified atom stereocenters. The molecule has 0 saturated carbocycles. The van der Waals surface area contributed by atoms with Gasteiger partial charge in [0.25, 0.3) is 0 Å². The van der Waals surface area contributed by atoms with Gasteiger partial charge in [-0.15, -0.1) is 11.3 Å². The number of hydrogen-bond donors (Lipinski definition) is 1. The van der Waals surface area contributed by atoms with Crippen LogP contribution in [0.15, 0.2) is 22.6 Å². The highest BCUT2D eigenvalue weighted by Crippen LogP contribution is 2.42. The van der Waals surface area contributed by atoms with Crippen LogP contribution >= 0.6 is 11.3 Å². The number of aliphatic hydroxyl groups is 1. The number of aromatic nitrogens is 1. The van der Waals surface area contributed by atoms with Crippen LogP contribution in [-0.2, 0) is 9.53 Å². The second-order valence-corrected chi connectivity index (χ2v) is 12.4. The molecule has 0 amide bonds. The first-order chi connectivity index (χ1) is 15.8. The maximum Gasteiger partial charge on any atom is 0.309 e. The second-order valence-electron chi connectivity index (χ2n) is 11.4. The van der Waals surface area contributed by atoms with E-state index in [1.807, 2.05) is 25.3 Å². The smallest absolute Gasteiger partial charge is 0.309 e. The molecule has 2 rings (SSSR count). The van der Waals surface area contributed by atoms with Crippen molar-refractivity contribution in [1.29, 1.82) is 0 Å². The zero-order chi connectivity index (χ0) is 25.6. The average molecular weight is 490 g/mol. The standard InChI is InChI=1S/C29H47NO3S/c1-18-11-10-12-19(2)21(4)22(5)23(6)29(8,9)27(31)16-28(32)33-26(14-13-18)20(3)15-25-17-34-24(7)30-25/h13,15,17,19,21-23,26-27,31H,10-12,14,16H2,1-9H3/b18-13-,20-15+/t19-,21-,22+,23+,26?,27?/m0/s1. The van der Waals surface area contributed by atoms with Crippen LogP contribution in [0.3, 0.4) is 0 Å². The largest absolute Gasteiger partial charge is 0.457 e. The summed E-state index contributed by atoms with van der Waals surface area (Å²) in [6, 6.07) is 0. The number of allylic oxidation sites excluding steroid dienone is 1. The van der Waals surface area contributed by atoms with E-state index in [0.717, 1.165) is 22.7 Å². The van der Waals surface area contributed by atoms with E-state index in [-0.39, 0.29) is 24.4 Å². The van der Waals surface area contributed by atoms with Gasteiger partial charge >= 0.3 is 5.97 Å². The average Bonchev–Trinajstić information content (AvgIpc) is 3.18. The molecule has 1 aliphatic rings. The van der Waals surface area contributed by atoms with Gasteiger partial charge in [-0.05, 0) is 74.3 Å². The first-order valence-corrected chi connectivity index (χ1v) is 13.8. The van der Waals surface area contributed by atoms with Crippen LogP contribution in [0.1, 0.15) is 98.2 Å². The van der Waals surface area contributed by atoms with Crippen LogP contribution in [0.2, 0.25) is 0 Å². The summed E-state index contributed by atoms with van der Waals surface area (Å²) in [5.74, 6) is 1.55. The van der Waals surface area contributed by atoms with Crippen molar-refractivity contribution < 1.29 is 14.6 Å². The number of cyclic esters (lactones) is 1. The zero-order valence-corrected chi connectivity index (χ0v) is 23.7. The van der Waals surface area contributed by atoms with Crippen LogP contribution in [0, 0.1) is 36.0 Å². The lowest BCUT2D eigenvalue weighted by atomic mass is 9.64. The number of carbonyl (C=O) groups is 1. The molecular formula is C29H47NO3S. The van der Waals surface area contributed by atoms with E-state index in [4.69, 9.17) is 4.74 Å². The summed E-state index contributed by atoms with van der Waals surface area (Å²) >= 11 is 1.61. The summed E-state index contributed by atoms with van der Waals surface area (Å²) in [7, 11) is 0. The summed E-state index contributed by atoms with van der Waals surface area (Å²) in [6.45, 7) is 19.6. The van der Waals surface area contributed by atoms with Gasteiger partial charge < -0.3 is 9.84 Å². The van der Waals surface area contributed by atoms with Crippen molar-refractivity contribution in [2.75, 3.05) is 0 Å². The number of aliphatic hydroxyl groups excluding tert-OH is 1. The lowest BCUT2D eigenvalue weighted by molar-refractivity contribution is -0.152. The number of rotatable bonds is 2. The van der Waals surface area contributed by atoms with E-state index < -0.39 is 11.5 Å². The van der Waals surface area contributed by atoms with Crippen LogP contribution in [0.4, 0.5) is 0 Å². The number of nitrogens with zero attached hydrogens (tertiary/aromatic N) is 1. The Bertz CT molecular complexity index is 868. The molecule has 6 atom stereocenters. The molecule has 4 nitrogen and oxygen atoms in total. The molecule has 1 N–H and O–H groups in total. The molecule has 2 heterocycles. The van der Waals surface area contributed by atoms with E-state index in [9.17, 15) is 9.90 Å². The van der Waals surface area contributed by atoms with E-state index >= 15 is 0 Å². The number of thiazole rings is 1. The summed E-state index contributed by atoms with van der Waals surface area (Å²) in [5.41, 5.74) is 2.82. The summed E-state index contributed by atoms with van der Waals surface area (Å²) in [6.07, 6.45) is 7.20. The molecule has 1 aliphatic heterocycles. The van der Waals surface area contributed by atoms with E-state index in [2.05, 4.69) is 59.5 Å². The highest BCUT2D eigenvalue weighted by Gasteiger charge is 2.40. The second kappa shape index (κ2) is 12.5. The lowest BCUT2D eigenvalue weighted by Gasteiger charge is -2.42. The normalized spacial score (nSPS) is 34.2. The van der Waals surface area contributed by atoms with E-state index in [1.54, 1.807) is 11.3 Å². The Morgan fingerprint density at radius 2 is 1.88 bits per heavy atom. The van der Waals surface area contributed by atoms with Crippen molar-refractivity contribution in [3.8, 4) is 0 Å². The Labute approximate surface area is 211 Å². The molecule has 34 heavy (non-hydrogen) atoms. The minimum absolute atomic E-state index is 0.0102. The van der Waals surface area contributed by atoms with Gasteiger partial charge in [-0.2, -0.15) is 0 Å². The van der Waals surface area contributed by atoms with Crippen molar-refractivity contribution in [2.45, 2.75) is 107 Å². The van der Waals surface area contributed by atoms with Gasteiger partial charge in [-0.3, -0.25) is 4.79 Å². The summed E-state index contributed by atoms with van der Waals surface area (Å²) in [4.78, 5) is 17.5. The van der Waals surface area contributed by atoms with Gasteiger partial charge in [0.1, 0.15) is 6.10 Å². The monoisotopic (exact) mass is 489 g/mol. The minimum atomic E-state index is -0.753. The predicted octanol–water partition coefficient (Wildman–Crippen LogP) is 7.61. The minimum Gasteiger partial charge on any atom is -0.457 e. The highest BCUT2D eigenvalue weighted by molar-refractivity contribution is 7.09. The van der Waals surface area contributed by atoms with Gasteiger partial charge in [-0.1, -0.05) is 59.6 Å². The maximum atomic E-state index is 13.0. The lowest BCUT2D eigenvalue weighted by Crippen LogP contribution is -2.42. The Morgan fingerprint density at radius 3 is 2.50 bits per heavy atom. The molecule has 192 valence electrons. The molecule has 0 spiro atoms. The van der Waals surface area contributed by atoms with Gasteiger partial charge in [0.15, 0.2) is 0 Å². The predicted molar refractivity (Wildman–Crippen MR) is 144 cm³/mol. The molecular weight excluding hydrogens is 442 g/mol. The zero-order valence-electron chi connectivity index (χ0n) is 22.9. The first-order valence-electron chi connectivity index (χ1n) is 13.0. The molecule has 0 aliphatic carbocycles. The number of ether oxygens (including phenoxy) is 1. The van der Waals surface area contributed by atoms with Crippen LogP contribution < -0.4 is 0 Å². The quantitative estimate of drug-likeness (QED) is 0.343. The van der Waals surface area contributed by atoms with Crippen LogP contribution in [0.25, 0.3) is 6.08 Å². The third-order valence-electron chi connectivity index (χ3n) is 8.61. The molecule has 0 fully saturated rings. The topological polar surface area (TPSA) is 59.4 Å². The van der Waals surface area contributed by atoms with Crippen molar-refractivity contribution in [2.24, 2.45) is 29.1 Å². The third kappa shape index (κ3) is 7.78. The molecule has 0 radical (unpaired) electrons. The Hall–Kier alpha value is -1.46. The fourth-order valence-electron chi connectivity index (χ4n) is 5.06. The number of aryl methyl sites for hydroxylation is 1. The highest BCUT2D eigenvalue weighted by atomic mass is 32.1. The van der Waals surface area contributed by atoms with Crippen LogP contribution in [-0.4, -0.2) is 28.3 Å². The number of carbonyl (C=O) groups excluding carboxylic acids is 1. The molecule has 0 bridgehead atoms. The molecule has 1 aromatic heterocycles. The Kier molecular flexibility index (Phi) is 10.6. The van der Waals surface area contributed by atoms with E-state index in [1.165, 1.54) is 18.4 Å². The number of hydrogen-bond acceptors (Lipinski definition) is 5. The fraction of sp³-hybridized carbons (Fsp3) is 0.724. The van der Waals surface area contributed by atoms with Gasteiger partial charge in [0.2, 0.25) is 0 Å². The maximum absolute atomic E-state index is 13.0. The van der Waals surface area contributed by atoms with Crippen LogP contribution in [0.5, 0.6) is 0 Å². The third-order valence-corrected chi connectivity index (χ3v) is 9.40. The van der Waals surface area contributed by atoms with Crippen molar-refractivity contribution in [3.05, 3.63) is 33.3 Å². The van der Waals surface area contributed by atoms with Gasteiger partial charge in [-0.25, -0.2) is 4.98 Å². The molecule has 0 aromatic carbocycles. The fourth-order valence-corrected chi connectivity index (χ4v) is 5.63. The molecule has 1 aromatic rings. The first kappa shape index (κ1) is 28.8. The summed E-state index contributed by atoms with van der Waals surface area (Å²) < 4.78 is 5.97. The van der Waals surface area contributed by atoms with Crippen molar-refractivity contribution in [1.82, 2.24) is 4.98 Å². The Morgan fingerprint density at radius 1 is 1.21 bits per heavy atom. The molecule has 0 saturated heterocycles. The van der Waals surface area contributed by atoms with E-state index in [0.29, 0.717) is 24.2 Å². The SMILES string of the molecule is C/C1=C/CC(/C(C)=C/c2csc(C)n2)OC(=O)CC(O)C(C)(C)[C@H](C)[C@H](C)[C@@H](C)[C@@H](C)CCC1. The Balaban J connectivity index is 2.32. The molecule has 5 heteroatoms. The van der Waals surface area contributed by atoms with Gasteiger partial charge in [0, 0.05) is 11.8 Å².